The first-order valence-corrected chi connectivity index (χ1v) is 17.2. The van der Waals surface area contributed by atoms with Crippen LogP contribution in [0.25, 0.3) is 12.2 Å². The molecule has 2 aromatic rings. The number of hydrogen-bond acceptors (Lipinski definition) is 4. The van der Waals surface area contributed by atoms with Gasteiger partial charge in [0.15, 0.2) is 0 Å². The molecule has 6 heteroatoms. The Bertz CT molecular complexity index is 1030. The van der Waals surface area contributed by atoms with Crippen molar-refractivity contribution in [1.29, 1.82) is 0 Å². The average Bonchev–Trinajstić information content (AvgIpc) is 2.95. The second-order valence-corrected chi connectivity index (χ2v) is 12.7. The molecule has 0 aliphatic carbocycles. The van der Waals surface area contributed by atoms with E-state index >= 15 is 0 Å². The summed E-state index contributed by atoms with van der Waals surface area (Å²) in [5.74, 6) is 0.657. The molecular formula is C36H57NO4S. The van der Waals surface area contributed by atoms with E-state index in [1.165, 1.54) is 92.9 Å². The van der Waals surface area contributed by atoms with Crippen molar-refractivity contribution in [3.63, 3.8) is 0 Å². The molecule has 2 aromatic carbocycles. The van der Waals surface area contributed by atoms with Crippen LogP contribution in [-0.4, -0.2) is 19.1 Å². The van der Waals surface area contributed by atoms with Gasteiger partial charge in [0, 0.05) is 0 Å². The van der Waals surface area contributed by atoms with Gasteiger partial charge >= 0.3 is 0 Å². The third-order valence-corrected chi connectivity index (χ3v) is 8.55. The summed E-state index contributed by atoms with van der Waals surface area (Å²) >= 11 is 0. The van der Waals surface area contributed by atoms with Crippen LogP contribution < -0.4 is 6.15 Å². The SMILES string of the molecule is C=Cc1ccc(CC(CCCCCCCCCCCCCCCC(C)OS(=O)(=O)[O-])Cc2ccc(C=C)cc2)cc1.[NH4+]. The van der Waals surface area contributed by atoms with Crippen LogP contribution in [0.5, 0.6) is 0 Å². The van der Waals surface area contributed by atoms with Crippen molar-refractivity contribution in [2.24, 2.45) is 5.92 Å². The molecular weight excluding hydrogens is 542 g/mol. The van der Waals surface area contributed by atoms with E-state index < -0.39 is 16.5 Å². The highest BCUT2D eigenvalue weighted by atomic mass is 32.3. The van der Waals surface area contributed by atoms with Crippen LogP contribution in [0.3, 0.4) is 0 Å². The van der Waals surface area contributed by atoms with Gasteiger partial charge in [0.2, 0.25) is 10.4 Å². The molecule has 4 N–H and O–H groups in total. The minimum atomic E-state index is -4.58. The Hall–Kier alpha value is -2.25. The van der Waals surface area contributed by atoms with Crippen LogP contribution in [-0.2, 0) is 27.4 Å². The lowest BCUT2D eigenvalue weighted by Crippen LogP contribution is -2.14. The van der Waals surface area contributed by atoms with Gasteiger partial charge < -0.3 is 10.7 Å². The number of quaternary nitrogens is 1. The molecule has 1 unspecified atom stereocenters. The molecule has 0 aromatic heterocycles. The van der Waals surface area contributed by atoms with Crippen LogP contribution >= 0.6 is 0 Å². The molecule has 0 saturated heterocycles. The van der Waals surface area contributed by atoms with Crippen molar-refractivity contribution < 1.29 is 17.2 Å². The quantitative estimate of drug-likeness (QED) is 0.0736. The molecule has 0 amide bonds. The van der Waals surface area contributed by atoms with E-state index in [2.05, 4.69) is 65.9 Å². The molecule has 0 radical (unpaired) electrons. The maximum atomic E-state index is 10.6. The predicted octanol–water partition coefficient (Wildman–Crippen LogP) is 10.5. The molecule has 2 rings (SSSR count). The van der Waals surface area contributed by atoms with E-state index in [4.69, 9.17) is 0 Å². The van der Waals surface area contributed by atoms with Gasteiger partial charge in [0.25, 0.3) is 0 Å². The summed E-state index contributed by atoms with van der Waals surface area (Å²) in [5.41, 5.74) is 5.19. The first-order valence-electron chi connectivity index (χ1n) is 15.9. The summed E-state index contributed by atoms with van der Waals surface area (Å²) in [6, 6.07) is 17.7. The fraction of sp³-hybridized carbons (Fsp3) is 0.556. The van der Waals surface area contributed by atoms with Gasteiger partial charge in [-0.2, -0.15) is 0 Å². The first-order chi connectivity index (χ1) is 19.8. The van der Waals surface area contributed by atoms with Crippen molar-refractivity contribution in [3.8, 4) is 0 Å². The Balaban J connectivity index is 0.00000882. The summed E-state index contributed by atoms with van der Waals surface area (Å²) in [4.78, 5) is 0. The Kier molecular flexibility index (Phi) is 20.1. The topological polar surface area (TPSA) is 103 Å². The van der Waals surface area contributed by atoms with E-state index in [-0.39, 0.29) is 6.15 Å². The summed E-state index contributed by atoms with van der Waals surface area (Å²) in [6.45, 7) is 9.39. The summed E-state index contributed by atoms with van der Waals surface area (Å²) < 4.78 is 36.2. The predicted molar refractivity (Wildman–Crippen MR) is 179 cm³/mol. The van der Waals surface area contributed by atoms with E-state index in [9.17, 15) is 13.0 Å². The normalized spacial score (nSPS) is 12.2. The van der Waals surface area contributed by atoms with Crippen molar-refractivity contribution in [2.45, 2.75) is 122 Å². The van der Waals surface area contributed by atoms with Gasteiger partial charge in [-0.15, -0.1) is 0 Å². The summed E-state index contributed by atoms with van der Waals surface area (Å²) in [6.07, 6.45) is 23.7. The third kappa shape index (κ3) is 18.3. The summed E-state index contributed by atoms with van der Waals surface area (Å²) in [7, 11) is -4.58. The van der Waals surface area contributed by atoms with Gasteiger partial charge in [-0.05, 0) is 60.8 Å². The third-order valence-electron chi connectivity index (χ3n) is 7.98. The maximum Gasteiger partial charge on any atom is 0.217 e. The Morgan fingerprint density at radius 3 is 1.31 bits per heavy atom. The van der Waals surface area contributed by atoms with Gasteiger partial charge in [-0.1, -0.05) is 157 Å². The largest absolute Gasteiger partial charge is 0.726 e. The van der Waals surface area contributed by atoms with Crippen LogP contribution in [0.2, 0.25) is 0 Å². The molecule has 236 valence electrons. The highest BCUT2D eigenvalue weighted by Crippen LogP contribution is 2.23. The number of unbranched alkanes of at least 4 members (excludes halogenated alkanes) is 12. The molecule has 0 bridgehead atoms. The number of hydrogen-bond donors (Lipinski definition) is 1. The number of rotatable bonds is 24. The van der Waals surface area contributed by atoms with Crippen LogP contribution in [0, 0.1) is 5.92 Å². The highest BCUT2D eigenvalue weighted by Gasteiger charge is 2.12. The Morgan fingerprint density at radius 2 is 0.976 bits per heavy atom. The zero-order valence-electron chi connectivity index (χ0n) is 26.4. The van der Waals surface area contributed by atoms with Crippen LogP contribution in [0.4, 0.5) is 0 Å². The lowest BCUT2D eigenvalue weighted by atomic mass is 9.87. The molecule has 0 aliphatic heterocycles. The Labute approximate surface area is 257 Å². The van der Waals surface area contributed by atoms with Gasteiger partial charge in [-0.25, -0.2) is 8.42 Å². The molecule has 5 nitrogen and oxygen atoms in total. The van der Waals surface area contributed by atoms with Crippen LogP contribution in [0.1, 0.15) is 125 Å². The fourth-order valence-electron chi connectivity index (χ4n) is 5.58. The minimum absolute atomic E-state index is 0. The zero-order chi connectivity index (χ0) is 29.8. The van der Waals surface area contributed by atoms with E-state index in [0.717, 1.165) is 32.1 Å². The maximum absolute atomic E-state index is 10.6. The molecule has 0 aliphatic rings. The average molecular weight is 600 g/mol. The standard InChI is InChI=1S/C36H54O4S.H3N/c1-4-32-21-25-34(26-22-32)29-36(30-35-27-23-33(5-2)24-28-35)20-18-16-14-12-10-8-6-7-9-11-13-15-17-19-31(3)40-41(37,38)39;/h4-5,21-28,31,36H,1-2,6-20,29-30H2,3H3,(H,37,38,39);1H3. The highest BCUT2D eigenvalue weighted by molar-refractivity contribution is 7.80. The summed E-state index contributed by atoms with van der Waals surface area (Å²) in [5, 5.41) is 0. The first kappa shape index (κ1) is 37.8. The van der Waals surface area contributed by atoms with E-state index in [1.54, 1.807) is 6.92 Å². The van der Waals surface area contributed by atoms with Gasteiger partial charge in [0.1, 0.15) is 0 Å². The minimum Gasteiger partial charge on any atom is -0.726 e. The monoisotopic (exact) mass is 599 g/mol. The van der Waals surface area contributed by atoms with E-state index in [1.807, 2.05) is 12.2 Å². The molecule has 1 atom stereocenters. The second kappa shape index (κ2) is 22.3. The second-order valence-electron chi connectivity index (χ2n) is 11.7. The molecule has 42 heavy (non-hydrogen) atoms. The van der Waals surface area contributed by atoms with Crippen molar-refractivity contribution in [1.82, 2.24) is 6.15 Å². The van der Waals surface area contributed by atoms with Crippen molar-refractivity contribution in [3.05, 3.63) is 83.9 Å². The smallest absolute Gasteiger partial charge is 0.217 e. The zero-order valence-corrected chi connectivity index (χ0v) is 27.2. The van der Waals surface area contributed by atoms with Crippen molar-refractivity contribution >= 4 is 22.6 Å². The van der Waals surface area contributed by atoms with Gasteiger partial charge in [-0.3, -0.25) is 4.18 Å². The number of benzene rings is 2. The molecule has 0 fully saturated rings. The van der Waals surface area contributed by atoms with Crippen molar-refractivity contribution in [2.75, 3.05) is 0 Å². The fourth-order valence-corrected chi connectivity index (χ4v) is 6.08. The van der Waals surface area contributed by atoms with Crippen LogP contribution in [0.15, 0.2) is 61.7 Å². The van der Waals surface area contributed by atoms with E-state index in [0.29, 0.717) is 12.3 Å². The molecule has 0 heterocycles. The lowest BCUT2D eigenvalue weighted by molar-refractivity contribution is 0.181. The lowest BCUT2D eigenvalue weighted by Gasteiger charge is -2.18. The molecule has 0 spiro atoms. The van der Waals surface area contributed by atoms with Gasteiger partial charge in [0.05, 0.1) is 6.10 Å². The Morgan fingerprint density at radius 1 is 0.643 bits per heavy atom. The molecule has 0 saturated carbocycles.